The van der Waals surface area contributed by atoms with Gasteiger partial charge in [0.15, 0.2) is 35.4 Å². The van der Waals surface area contributed by atoms with Crippen LogP contribution in [0.25, 0.3) is 22.3 Å². The number of hydrogen-bond donors (Lipinski definition) is 5. The largest absolute Gasteiger partial charge is 0.387 e. The van der Waals surface area contributed by atoms with Crippen molar-refractivity contribution >= 4 is 71.5 Å². The highest BCUT2D eigenvalue weighted by Gasteiger charge is 2.58. The number of aliphatic hydroxyl groups is 1. The molecule has 46 heavy (non-hydrogen) atoms. The average molecular weight is 719 g/mol. The van der Waals surface area contributed by atoms with Crippen molar-refractivity contribution in [3.63, 3.8) is 0 Å². The Morgan fingerprint density at radius 2 is 1.63 bits per heavy atom. The van der Waals surface area contributed by atoms with Crippen molar-refractivity contribution in [1.29, 1.82) is 0 Å². The van der Waals surface area contributed by atoms with Crippen molar-refractivity contribution in [3.8, 4) is 0 Å². The van der Waals surface area contributed by atoms with Gasteiger partial charge in [0, 0.05) is 7.11 Å². The number of methoxy groups -OCH3 is 1. The SMILES string of the molecule is CO[C@H]1[C@H](n2cnc3c(N)ncnc32)O[C@]2(C)COP(O)(=S)O[C@@H]3[C@H](O)[C@@H](COP(=O)(S)O[C@@H]12)O[C@H]3n1cnc2c(N)ncnc21. The monoisotopic (exact) mass is 718 g/mol. The fraction of sp³-hybridized carbons (Fsp3) is 0.545. The molecule has 24 heteroatoms. The van der Waals surface area contributed by atoms with E-state index in [1.807, 2.05) is 0 Å². The summed E-state index contributed by atoms with van der Waals surface area (Å²) in [4.78, 5) is 36.2. The molecule has 0 radical (unpaired) electrons. The molecule has 0 amide bonds. The number of aliphatic hydroxyl groups excluding tert-OH is 1. The number of hydrogen-bond acceptors (Lipinski definition) is 18. The molecule has 20 nitrogen and oxygen atoms in total. The summed E-state index contributed by atoms with van der Waals surface area (Å²) in [5, 5.41) is 11.3. The lowest BCUT2D eigenvalue weighted by atomic mass is 9.98. The third-order valence-corrected chi connectivity index (χ3v) is 11.0. The van der Waals surface area contributed by atoms with Crippen molar-refractivity contribution < 1.29 is 46.9 Å². The van der Waals surface area contributed by atoms with E-state index in [1.165, 1.54) is 37.0 Å². The molecule has 3 fully saturated rings. The number of aromatic nitrogens is 8. The summed E-state index contributed by atoms with van der Waals surface area (Å²) in [7, 11) is 1.39. The smallest absolute Gasteiger partial charge is 0.386 e. The summed E-state index contributed by atoms with van der Waals surface area (Å²) in [6.45, 7) is -7.80. The van der Waals surface area contributed by atoms with Crippen LogP contribution >= 0.6 is 25.8 Å². The minimum Gasteiger partial charge on any atom is -0.387 e. The minimum atomic E-state index is -4.25. The van der Waals surface area contributed by atoms with Gasteiger partial charge in [0.1, 0.15) is 59.8 Å². The summed E-state index contributed by atoms with van der Waals surface area (Å²) < 4.78 is 58.2. The number of fused-ring (bicyclic) bond motifs is 5. The number of thiol groups is 1. The first-order valence-electron chi connectivity index (χ1n) is 13.5. The molecule has 7 rings (SSSR count). The van der Waals surface area contributed by atoms with Gasteiger partial charge < -0.3 is 40.2 Å². The zero-order chi connectivity index (χ0) is 32.6. The van der Waals surface area contributed by atoms with Crippen LogP contribution in [0.15, 0.2) is 25.3 Å². The van der Waals surface area contributed by atoms with Crippen molar-refractivity contribution in [2.75, 3.05) is 31.8 Å². The fourth-order valence-corrected chi connectivity index (χ4v) is 8.70. The lowest BCUT2D eigenvalue weighted by molar-refractivity contribution is -0.113. The Hall–Kier alpha value is -2.43. The molecule has 4 aromatic heterocycles. The molecule has 3 aliphatic heterocycles. The molecule has 0 saturated carbocycles. The average Bonchev–Trinajstić information content (AvgIpc) is 3.76. The standard InChI is InChI=1S/C22H28N10O10P2S2/c1-22-4-38-44(35,46)41-13-12(33)9(39-20(13)31-7-29-10-16(23)25-5-27-18(10)31)3-37-43(34,45)42-15(22)14(36-2)21(40-22)32-8-30-11-17(24)26-6-28-19(11)32/h5-9,12-15,20-21,33H,3-4H2,1-2H3,(H,34,45)(H,35,46)(H2,23,25,27)(H2,24,26,28)/t9-,12-,13-,14-,15+,20-,21-,22-,43?,44?/m1/s1. The molecule has 0 aromatic carbocycles. The molecule has 248 valence electrons. The maximum atomic E-state index is 13.7. The highest BCUT2D eigenvalue weighted by atomic mass is 32.7. The fourth-order valence-electron chi connectivity index (χ4n) is 5.69. The van der Waals surface area contributed by atoms with Crippen molar-refractivity contribution in [2.45, 2.75) is 55.5 Å². The summed E-state index contributed by atoms with van der Waals surface area (Å²) in [5.41, 5.74) is 11.5. The van der Waals surface area contributed by atoms with Gasteiger partial charge in [-0.05, 0) is 18.7 Å². The molecule has 7 heterocycles. The van der Waals surface area contributed by atoms with Crippen LogP contribution in [0.4, 0.5) is 11.6 Å². The first-order chi connectivity index (χ1) is 21.8. The van der Waals surface area contributed by atoms with Crippen LogP contribution in [0.3, 0.4) is 0 Å². The topological polar surface area (TPSA) is 261 Å². The van der Waals surface area contributed by atoms with Gasteiger partial charge in [0.05, 0.1) is 25.9 Å². The number of imidazole rings is 2. The second-order valence-electron chi connectivity index (χ2n) is 10.8. The van der Waals surface area contributed by atoms with E-state index in [1.54, 1.807) is 11.5 Å². The summed E-state index contributed by atoms with van der Waals surface area (Å²) in [5.74, 6) is 0.254. The molecule has 3 aliphatic rings. The number of nitrogen functional groups attached to an aromatic ring is 2. The van der Waals surface area contributed by atoms with Gasteiger partial charge in [-0.3, -0.25) is 22.7 Å². The summed E-state index contributed by atoms with van der Waals surface area (Å²) in [6, 6.07) is 0. The van der Waals surface area contributed by atoms with Crippen LogP contribution in [-0.4, -0.2) is 105 Å². The van der Waals surface area contributed by atoms with Crippen LogP contribution in [0.2, 0.25) is 0 Å². The van der Waals surface area contributed by atoms with Crippen LogP contribution < -0.4 is 11.5 Å². The maximum Gasteiger partial charge on any atom is 0.386 e. The normalized spacial score (nSPS) is 38.8. The maximum absolute atomic E-state index is 13.7. The third-order valence-electron chi connectivity index (χ3n) is 7.90. The molecule has 0 aliphatic carbocycles. The zero-order valence-electron chi connectivity index (χ0n) is 23.9. The van der Waals surface area contributed by atoms with E-state index in [-0.39, 0.29) is 22.8 Å². The number of ether oxygens (including phenoxy) is 3. The molecule has 2 bridgehead atoms. The van der Waals surface area contributed by atoms with E-state index in [2.05, 4.69) is 42.2 Å². The second-order valence-corrected chi connectivity index (χ2v) is 16.5. The minimum absolute atomic E-state index is 0.109. The van der Waals surface area contributed by atoms with Crippen LogP contribution in [0.5, 0.6) is 0 Å². The van der Waals surface area contributed by atoms with Gasteiger partial charge in [-0.15, -0.1) is 0 Å². The first-order valence-corrected chi connectivity index (χ1v) is 18.8. The first kappa shape index (κ1) is 32.1. The van der Waals surface area contributed by atoms with Crippen LogP contribution in [0.1, 0.15) is 19.4 Å². The van der Waals surface area contributed by atoms with E-state index < -0.39 is 75.3 Å². The lowest BCUT2D eigenvalue weighted by Gasteiger charge is -2.33. The lowest BCUT2D eigenvalue weighted by Crippen LogP contribution is -2.46. The molecule has 6 N–H and O–H groups in total. The van der Waals surface area contributed by atoms with Gasteiger partial charge in [-0.25, -0.2) is 34.5 Å². The predicted octanol–water partition coefficient (Wildman–Crippen LogP) is 0.463. The highest BCUT2D eigenvalue weighted by molar-refractivity contribution is 8.44. The Bertz CT molecular complexity index is 1900. The molecule has 4 aromatic rings. The summed E-state index contributed by atoms with van der Waals surface area (Å²) in [6.07, 6.45) is -3.05. The van der Waals surface area contributed by atoms with Gasteiger partial charge in [-0.2, -0.15) is 0 Å². The van der Waals surface area contributed by atoms with Crippen molar-refractivity contribution in [1.82, 2.24) is 39.0 Å². The van der Waals surface area contributed by atoms with E-state index in [4.69, 9.17) is 55.6 Å². The number of nitrogens with zero attached hydrogens (tertiary/aromatic N) is 8. The number of rotatable bonds is 3. The van der Waals surface area contributed by atoms with Gasteiger partial charge in [-0.1, -0.05) is 12.2 Å². The molecular formula is C22H28N10O10P2S2. The molecular weight excluding hydrogens is 690 g/mol. The van der Waals surface area contributed by atoms with Crippen LogP contribution in [-0.2, 0) is 48.7 Å². The van der Waals surface area contributed by atoms with E-state index in [0.717, 1.165) is 0 Å². The Morgan fingerprint density at radius 3 is 2.24 bits per heavy atom. The third kappa shape index (κ3) is 5.50. The number of anilines is 2. The van der Waals surface area contributed by atoms with E-state index in [9.17, 15) is 14.6 Å². The molecule has 0 spiro atoms. The molecule has 10 atom stereocenters. The Morgan fingerprint density at radius 1 is 1.02 bits per heavy atom. The molecule has 2 unspecified atom stereocenters. The van der Waals surface area contributed by atoms with Crippen molar-refractivity contribution in [2.24, 2.45) is 0 Å². The predicted molar refractivity (Wildman–Crippen MR) is 163 cm³/mol. The number of nitrogens with two attached hydrogens (primary N) is 2. The Kier molecular flexibility index (Phi) is 8.12. The van der Waals surface area contributed by atoms with Crippen LogP contribution in [0, 0.1) is 0 Å². The van der Waals surface area contributed by atoms with Gasteiger partial charge in [0.25, 0.3) is 0 Å². The Balaban J connectivity index is 1.24. The van der Waals surface area contributed by atoms with E-state index in [0.29, 0.717) is 11.2 Å². The highest BCUT2D eigenvalue weighted by Crippen LogP contribution is 2.60. The molecule has 3 saturated heterocycles. The van der Waals surface area contributed by atoms with Crippen molar-refractivity contribution in [3.05, 3.63) is 25.3 Å². The summed E-state index contributed by atoms with van der Waals surface area (Å²) >= 11 is 9.59. The van der Waals surface area contributed by atoms with E-state index >= 15 is 0 Å². The quantitative estimate of drug-likeness (QED) is 0.142. The van der Waals surface area contributed by atoms with Gasteiger partial charge >= 0.3 is 13.5 Å². The Labute approximate surface area is 269 Å². The second kappa shape index (κ2) is 11.6. The zero-order valence-corrected chi connectivity index (χ0v) is 27.4. The van der Waals surface area contributed by atoms with Gasteiger partial charge in [0.2, 0.25) is 0 Å².